The largest absolute Gasteiger partial charge is 0.481 e. The first kappa shape index (κ1) is 26.5. The number of carboxylic acid groups (broad SMARTS) is 1. The first-order chi connectivity index (χ1) is 15.5. The van der Waals surface area contributed by atoms with Gasteiger partial charge in [0.2, 0.25) is 5.78 Å². The van der Waals surface area contributed by atoms with Crippen LogP contribution in [-0.2, 0) is 17.8 Å². The maximum absolute atomic E-state index is 12.1. The molecule has 0 radical (unpaired) electrons. The highest BCUT2D eigenvalue weighted by Crippen LogP contribution is 2.15. The highest BCUT2D eigenvalue weighted by atomic mass is 16.4. The quantitative estimate of drug-likeness (QED) is 0.211. The van der Waals surface area contributed by atoms with E-state index in [1.54, 1.807) is 6.07 Å². The molecule has 2 rings (SSSR count). The predicted octanol–water partition coefficient (Wildman–Crippen LogP) is 6.20. The minimum atomic E-state index is -0.762. The van der Waals surface area contributed by atoms with Crippen LogP contribution < -0.4 is 0 Å². The normalized spacial score (nSPS) is 11.9. The van der Waals surface area contributed by atoms with Crippen molar-refractivity contribution < 1.29 is 14.7 Å². The van der Waals surface area contributed by atoms with Crippen molar-refractivity contribution in [2.45, 2.75) is 46.6 Å². The van der Waals surface area contributed by atoms with E-state index in [9.17, 15) is 14.7 Å². The first-order valence-corrected chi connectivity index (χ1v) is 10.9. The second-order valence-corrected chi connectivity index (χ2v) is 7.18. The summed E-state index contributed by atoms with van der Waals surface area (Å²) in [7, 11) is 0. The standard InChI is InChI=1S/C23H23NO3.C5H10/c1-3-5-13-22(25)21-12-8-15-24(21)14-7-11-18-9-6-10-19(16-18)17-20(4-2)23(26)27;1-3-5-4-2/h1,5-13,15-16,20H,4,14,17H2,2H3,(H,26,27);3,5H,4H2,1-2H3/b11-7+,13-5+;5-3-. The number of aliphatic carboxylic acids is 1. The lowest BCUT2D eigenvalue weighted by Crippen LogP contribution is -2.15. The van der Waals surface area contributed by atoms with Gasteiger partial charge >= 0.3 is 5.97 Å². The van der Waals surface area contributed by atoms with Gasteiger partial charge in [0, 0.05) is 12.7 Å². The molecule has 0 aliphatic rings. The van der Waals surface area contributed by atoms with E-state index in [-0.39, 0.29) is 11.7 Å². The maximum atomic E-state index is 12.1. The van der Waals surface area contributed by atoms with Crippen molar-refractivity contribution in [1.29, 1.82) is 0 Å². The zero-order valence-electron chi connectivity index (χ0n) is 19.2. The van der Waals surface area contributed by atoms with Crippen LogP contribution in [0.3, 0.4) is 0 Å². The second kappa shape index (κ2) is 15.3. The Hall–Kier alpha value is -3.58. The van der Waals surface area contributed by atoms with E-state index in [0.29, 0.717) is 25.1 Å². The molecule has 0 bridgehead atoms. The highest BCUT2D eigenvalue weighted by Gasteiger charge is 2.15. The summed E-state index contributed by atoms with van der Waals surface area (Å²) in [6, 6.07) is 11.4. The Balaban J connectivity index is 0.000000920. The van der Waals surface area contributed by atoms with Gasteiger partial charge in [-0.05, 0) is 61.6 Å². The summed E-state index contributed by atoms with van der Waals surface area (Å²) in [5.74, 6) is 1.05. The number of hydrogen-bond donors (Lipinski definition) is 1. The van der Waals surface area contributed by atoms with Crippen molar-refractivity contribution in [3.63, 3.8) is 0 Å². The lowest BCUT2D eigenvalue weighted by atomic mass is 9.96. The number of aromatic nitrogens is 1. The topological polar surface area (TPSA) is 59.3 Å². The van der Waals surface area contributed by atoms with Crippen molar-refractivity contribution in [2.24, 2.45) is 5.92 Å². The average Bonchev–Trinajstić information content (AvgIpc) is 3.25. The van der Waals surface area contributed by atoms with E-state index in [0.717, 1.165) is 17.5 Å². The lowest BCUT2D eigenvalue weighted by Gasteiger charge is -2.10. The third-order valence-corrected chi connectivity index (χ3v) is 4.77. The van der Waals surface area contributed by atoms with Crippen molar-refractivity contribution in [2.75, 3.05) is 0 Å². The van der Waals surface area contributed by atoms with E-state index in [1.165, 1.54) is 12.2 Å². The SMILES string of the molecule is C#C/C=C/C(=O)c1cccn1C/C=C/c1cccc(CC(CC)C(=O)O)c1.C/C=C\CC. The fraction of sp³-hybridized carbons (Fsp3) is 0.286. The molecule has 168 valence electrons. The number of carboxylic acids is 1. The number of allylic oxidation sites excluding steroid dienone is 5. The fourth-order valence-electron chi connectivity index (χ4n) is 3.06. The molecule has 2 aromatic rings. The molecule has 1 aromatic carbocycles. The summed E-state index contributed by atoms with van der Waals surface area (Å²) >= 11 is 0. The van der Waals surface area contributed by atoms with Gasteiger partial charge in [0.1, 0.15) is 0 Å². The Morgan fingerprint density at radius 2 is 1.97 bits per heavy atom. The molecule has 0 saturated heterocycles. The molecule has 4 nitrogen and oxygen atoms in total. The smallest absolute Gasteiger partial charge is 0.306 e. The van der Waals surface area contributed by atoms with Gasteiger partial charge in [0.25, 0.3) is 0 Å². The van der Waals surface area contributed by atoms with Crippen LogP contribution in [0.4, 0.5) is 0 Å². The predicted molar refractivity (Wildman–Crippen MR) is 132 cm³/mol. The molecule has 0 aliphatic carbocycles. The molecule has 4 heteroatoms. The van der Waals surface area contributed by atoms with Crippen molar-refractivity contribution in [3.8, 4) is 12.3 Å². The monoisotopic (exact) mass is 431 g/mol. The number of nitrogens with zero attached hydrogens (tertiary/aromatic N) is 1. The zero-order valence-corrected chi connectivity index (χ0v) is 19.2. The van der Waals surface area contributed by atoms with Crippen molar-refractivity contribution in [1.82, 2.24) is 4.57 Å². The average molecular weight is 432 g/mol. The summed E-state index contributed by atoms with van der Waals surface area (Å²) < 4.78 is 1.85. The Morgan fingerprint density at radius 1 is 1.19 bits per heavy atom. The van der Waals surface area contributed by atoms with Gasteiger partial charge in [0.05, 0.1) is 11.6 Å². The van der Waals surface area contributed by atoms with E-state index < -0.39 is 5.97 Å². The Morgan fingerprint density at radius 3 is 2.56 bits per heavy atom. The van der Waals surface area contributed by atoms with Gasteiger partial charge in [0.15, 0.2) is 0 Å². The van der Waals surface area contributed by atoms with Crippen molar-refractivity contribution in [3.05, 3.63) is 89.8 Å². The molecule has 0 spiro atoms. The molecule has 32 heavy (non-hydrogen) atoms. The van der Waals surface area contributed by atoms with E-state index in [4.69, 9.17) is 6.42 Å². The molecule has 1 heterocycles. The van der Waals surface area contributed by atoms with Gasteiger partial charge in [-0.2, -0.15) is 0 Å². The molecule has 1 N–H and O–H groups in total. The molecular weight excluding hydrogens is 398 g/mol. The zero-order chi connectivity index (χ0) is 23.8. The fourth-order valence-corrected chi connectivity index (χ4v) is 3.06. The summed E-state index contributed by atoms with van der Waals surface area (Å²) in [6.45, 7) is 6.59. The number of carbonyl (C=O) groups excluding carboxylic acids is 1. The molecule has 1 atom stereocenters. The number of ketones is 1. The minimum absolute atomic E-state index is 0.132. The molecule has 1 unspecified atom stereocenters. The Bertz CT molecular complexity index is 986. The van der Waals surface area contributed by atoms with Crippen LogP contribution >= 0.6 is 0 Å². The molecular formula is C28H33NO3. The summed E-state index contributed by atoms with van der Waals surface area (Å²) in [4.78, 5) is 23.3. The number of terminal acetylenes is 1. The van der Waals surface area contributed by atoms with Gasteiger partial charge in [-0.25, -0.2) is 0 Å². The molecule has 0 amide bonds. The first-order valence-electron chi connectivity index (χ1n) is 10.9. The van der Waals surface area contributed by atoms with Crippen LogP contribution in [0.25, 0.3) is 6.08 Å². The molecule has 1 aromatic heterocycles. The van der Waals surface area contributed by atoms with Gasteiger partial charge < -0.3 is 9.67 Å². The van der Waals surface area contributed by atoms with E-state index >= 15 is 0 Å². The van der Waals surface area contributed by atoms with Crippen LogP contribution in [0.5, 0.6) is 0 Å². The van der Waals surface area contributed by atoms with Crippen LogP contribution in [0.15, 0.2) is 73.0 Å². The summed E-state index contributed by atoms with van der Waals surface area (Å²) in [5, 5.41) is 9.22. The third-order valence-electron chi connectivity index (χ3n) is 4.77. The number of hydrogen-bond acceptors (Lipinski definition) is 2. The maximum Gasteiger partial charge on any atom is 0.306 e. The summed E-state index contributed by atoms with van der Waals surface area (Å²) in [6.07, 6.45) is 20.2. The second-order valence-electron chi connectivity index (χ2n) is 7.18. The number of benzene rings is 1. The third kappa shape index (κ3) is 9.49. The van der Waals surface area contributed by atoms with E-state index in [2.05, 4.69) is 25.0 Å². The lowest BCUT2D eigenvalue weighted by molar-refractivity contribution is -0.141. The van der Waals surface area contributed by atoms with Gasteiger partial charge in [-0.3, -0.25) is 9.59 Å². The van der Waals surface area contributed by atoms with Crippen molar-refractivity contribution >= 4 is 17.8 Å². The molecule has 0 fully saturated rings. The number of rotatable bonds is 10. The molecule has 0 aliphatic heterocycles. The van der Waals surface area contributed by atoms with E-state index in [1.807, 2.05) is 67.1 Å². The highest BCUT2D eigenvalue weighted by molar-refractivity contribution is 6.03. The number of carbonyl (C=O) groups is 2. The molecule has 0 saturated carbocycles. The van der Waals surface area contributed by atoms with Gasteiger partial charge in [-0.15, -0.1) is 6.42 Å². The van der Waals surface area contributed by atoms with Crippen LogP contribution in [0, 0.1) is 18.3 Å². The Kier molecular flexibility index (Phi) is 12.6. The Labute approximate surface area is 192 Å². The van der Waals surface area contributed by atoms with Crippen LogP contribution in [0.1, 0.15) is 55.2 Å². The minimum Gasteiger partial charge on any atom is -0.481 e. The van der Waals surface area contributed by atoms with Crippen LogP contribution in [-0.4, -0.2) is 21.4 Å². The summed E-state index contributed by atoms with van der Waals surface area (Å²) in [5.41, 5.74) is 2.58. The van der Waals surface area contributed by atoms with Crippen LogP contribution in [0.2, 0.25) is 0 Å². The van der Waals surface area contributed by atoms with Gasteiger partial charge in [-0.1, -0.05) is 68.3 Å².